The van der Waals surface area contributed by atoms with Crippen LogP contribution in [0.2, 0.25) is 0 Å². The number of carbonyl (C=O) groups excluding carboxylic acids is 2. The third-order valence-corrected chi connectivity index (χ3v) is 3.78. The Labute approximate surface area is 137 Å². The van der Waals surface area contributed by atoms with Crippen molar-refractivity contribution in [3.63, 3.8) is 0 Å². The molecule has 0 unspecified atom stereocenters. The van der Waals surface area contributed by atoms with Crippen LogP contribution in [0, 0.1) is 5.82 Å². The lowest BCUT2D eigenvalue weighted by Gasteiger charge is -2.15. The van der Waals surface area contributed by atoms with Crippen LogP contribution in [0.3, 0.4) is 0 Å². The van der Waals surface area contributed by atoms with Gasteiger partial charge in [-0.3, -0.25) is 14.9 Å². The van der Waals surface area contributed by atoms with Gasteiger partial charge in [0.15, 0.2) is 0 Å². The Morgan fingerprint density at radius 3 is 2.83 bits per heavy atom. The van der Waals surface area contributed by atoms with Gasteiger partial charge in [-0.2, -0.15) is 0 Å². The second-order valence-electron chi connectivity index (χ2n) is 5.63. The molecular weight excluding hydrogens is 315 g/mol. The maximum atomic E-state index is 13.0. The minimum absolute atomic E-state index is 0.0381. The lowest BCUT2D eigenvalue weighted by atomic mass is 10.1. The zero-order chi connectivity index (χ0) is 17.1. The van der Waals surface area contributed by atoms with E-state index in [-0.39, 0.29) is 36.0 Å². The first-order chi connectivity index (χ1) is 11.6. The van der Waals surface area contributed by atoms with E-state index in [1.807, 2.05) is 6.92 Å². The molecule has 0 spiro atoms. The van der Waals surface area contributed by atoms with Crippen molar-refractivity contribution in [1.29, 1.82) is 0 Å². The van der Waals surface area contributed by atoms with Crippen LogP contribution >= 0.6 is 0 Å². The predicted molar refractivity (Wildman–Crippen MR) is 83.9 cm³/mol. The van der Waals surface area contributed by atoms with Crippen LogP contribution in [0.4, 0.5) is 16.1 Å². The van der Waals surface area contributed by atoms with Crippen LogP contribution in [-0.2, 0) is 9.59 Å². The van der Waals surface area contributed by atoms with E-state index in [0.717, 1.165) is 6.42 Å². The molecule has 3 rings (SSSR count). The standard InChI is InChI=1S/C16H17FN4O3/c1-2-3-13(22)18-16-20-19-15(24-16)10-8-14(23)21(9-10)12-6-4-11(17)5-7-12/h4-7,10H,2-3,8-9H2,1H3,(H,18,20,22)/t10-/m0/s1. The lowest BCUT2D eigenvalue weighted by Crippen LogP contribution is -2.24. The fourth-order valence-electron chi connectivity index (χ4n) is 2.60. The van der Waals surface area contributed by atoms with Crippen LogP contribution in [0.1, 0.15) is 38.0 Å². The van der Waals surface area contributed by atoms with Crippen LogP contribution in [0.15, 0.2) is 28.7 Å². The van der Waals surface area contributed by atoms with Crippen molar-refractivity contribution >= 4 is 23.5 Å². The number of nitrogens with one attached hydrogen (secondary N) is 1. The molecule has 1 aliphatic heterocycles. The maximum absolute atomic E-state index is 13.0. The van der Waals surface area contributed by atoms with Crippen LogP contribution < -0.4 is 10.2 Å². The van der Waals surface area contributed by atoms with Gasteiger partial charge in [0.05, 0.1) is 5.92 Å². The topological polar surface area (TPSA) is 88.3 Å². The third kappa shape index (κ3) is 3.42. The highest BCUT2D eigenvalue weighted by Crippen LogP contribution is 2.31. The molecule has 1 aromatic carbocycles. The van der Waals surface area contributed by atoms with E-state index in [1.54, 1.807) is 17.0 Å². The normalized spacial score (nSPS) is 17.3. The van der Waals surface area contributed by atoms with Gasteiger partial charge in [0.2, 0.25) is 17.7 Å². The average molecular weight is 332 g/mol. The first-order valence-corrected chi connectivity index (χ1v) is 7.76. The molecule has 126 valence electrons. The third-order valence-electron chi connectivity index (χ3n) is 3.78. The van der Waals surface area contributed by atoms with E-state index in [2.05, 4.69) is 15.5 Å². The Kier molecular flexibility index (Phi) is 4.54. The van der Waals surface area contributed by atoms with Crippen LogP contribution in [0.25, 0.3) is 0 Å². The Morgan fingerprint density at radius 2 is 2.12 bits per heavy atom. The van der Waals surface area contributed by atoms with Gasteiger partial charge in [-0.05, 0) is 30.7 Å². The highest BCUT2D eigenvalue weighted by atomic mass is 19.1. The van der Waals surface area contributed by atoms with Gasteiger partial charge in [-0.1, -0.05) is 12.0 Å². The average Bonchev–Trinajstić information content (AvgIpc) is 3.15. The Morgan fingerprint density at radius 1 is 1.38 bits per heavy atom. The summed E-state index contributed by atoms with van der Waals surface area (Å²) in [6.45, 7) is 2.27. The molecule has 1 atom stereocenters. The summed E-state index contributed by atoms with van der Waals surface area (Å²) in [4.78, 5) is 25.3. The molecule has 2 amide bonds. The summed E-state index contributed by atoms with van der Waals surface area (Å²) in [5, 5.41) is 10.2. The first kappa shape index (κ1) is 16.1. The van der Waals surface area contributed by atoms with E-state index >= 15 is 0 Å². The molecule has 0 radical (unpaired) electrons. The maximum Gasteiger partial charge on any atom is 0.322 e. The van der Waals surface area contributed by atoms with Gasteiger partial charge in [0, 0.05) is 25.1 Å². The predicted octanol–water partition coefficient (Wildman–Crippen LogP) is 2.47. The minimum atomic E-state index is -0.355. The van der Waals surface area contributed by atoms with E-state index in [1.165, 1.54) is 12.1 Å². The summed E-state index contributed by atoms with van der Waals surface area (Å²) >= 11 is 0. The first-order valence-electron chi connectivity index (χ1n) is 7.76. The van der Waals surface area contributed by atoms with E-state index in [4.69, 9.17) is 4.42 Å². The number of hydrogen-bond acceptors (Lipinski definition) is 5. The molecule has 1 aromatic heterocycles. The van der Waals surface area contributed by atoms with Gasteiger partial charge < -0.3 is 9.32 Å². The fourth-order valence-corrected chi connectivity index (χ4v) is 2.60. The molecule has 0 saturated carbocycles. The van der Waals surface area contributed by atoms with Crippen molar-refractivity contribution in [2.75, 3.05) is 16.8 Å². The fraction of sp³-hybridized carbons (Fsp3) is 0.375. The molecule has 2 aromatic rings. The van der Waals surface area contributed by atoms with E-state index < -0.39 is 0 Å². The van der Waals surface area contributed by atoms with Crippen molar-refractivity contribution < 1.29 is 18.4 Å². The number of benzene rings is 1. The molecule has 7 nitrogen and oxygen atoms in total. The van der Waals surface area contributed by atoms with E-state index in [9.17, 15) is 14.0 Å². The van der Waals surface area contributed by atoms with Gasteiger partial charge in [0.25, 0.3) is 0 Å². The minimum Gasteiger partial charge on any atom is -0.407 e. The Balaban J connectivity index is 1.68. The highest BCUT2D eigenvalue weighted by molar-refractivity contribution is 5.96. The SMILES string of the molecule is CCCC(=O)Nc1nnc([C@H]2CC(=O)N(c3ccc(F)cc3)C2)o1. The summed E-state index contributed by atoms with van der Waals surface area (Å²) in [5.41, 5.74) is 0.625. The second kappa shape index (κ2) is 6.77. The number of hydrogen-bond donors (Lipinski definition) is 1. The zero-order valence-electron chi connectivity index (χ0n) is 13.2. The van der Waals surface area contributed by atoms with Crippen molar-refractivity contribution in [1.82, 2.24) is 10.2 Å². The summed E-state index contributed by atoms with van der Waals surface area (Å²) in [6, 6.07) is 5.77. The molecule has 24 heavy (non-hydrogen) atoms. The smallest absolute Gasteiger partial charge is 0.322 e. The molecule has 1 saturated heterocycles. The molecule has 1 fully saturated rings. The van der Waals surface area contributed by atoms with Crippen molar-refractivity contribution in [2.45, 2.75) is 32.1 Å². The summed E-state index contributed by atoms with van der Waals surface area (Å²) in [7, 11) is 0. The molecular formula is C16H17FN4O3. The quantitative estimate of drug-likeness (QED) is 0.908. The van der Waals surface area contributed by atoms with Crippen molar-refractivity contribution in [2.24, 2.45) is 0 Å². The zero-order valence-corrected chi connectivity index (χ0v) is 13.2. The van der Waals surface area contributed by atoms with E-state index in [0.29, 0.717) is 24.5 Å². The number of carbonyl (C=O) groups is 2. The van der Waals surface area contributed by atoms with Crippen LogP contribution in [0.5, 0.6) is 0 Å². The van der Waals surface area contributed by atoms with Gasteiger partial charge >= 0.3 is 6.01 Å². The summed E-state index contributed by atoms with van der Waals surface area (Å²) < 4.78 is 18.4. The number of halogens is 1. The number of aromatic nitrogens is 2. The molecule has 2 heterocycles. The summed E-state index contributed by atoms with van der Waals surface area (Å²) in [5.74, 6) is -0.595. The largest absolute Gasteiger partial charge is 0.407 e. The lowest BCUT2D eigenvalue weighted by molar-refractivity contribution is -0.117. The Bertz CT molecular complexity index is 744. The van der Waals surface area contributed by atoms with Gasteiger partial charge in [-0.15, -0.1) is 5.10 Å². The summed E-state index contributed by atoms with van der Waals surface area (Å²) in [6.07, 6.45) is 1.32. The second-order valence-corrected chi connectivity index (χ2v) is 5.63. The molecule has 8 heteroatoms. The molecule has 1 N–H and O–H groups in total. The molecule has 0 bridgehead atoms. The van der Waals surface area contributed by atoms with Crippen molar-refractivity contribution in [3.05, 3.63) is 36.0 Å². The number of amides is 2. The number of anilines is 2. The Hall–Kier alpha value is -2.77. The van der Waals surface area contributed by atoms with Crippen molar-refractivity contribution in [3.8, 4) is 0 Å². The van der Waals surface area contributed by atoms with Gasteiger partial charge in [-0.25, -0.2) is 4.39 Å². The molecule has 0 aliphatic carbocycles. The highest BCUT2D eigenvalue weighted by Gasteiger charge is 2.35. The monoisotopic (exact) mass is 332 g/mol. The van der Waals surface area contributed by atoms with Gasteiger partial charge in [0.1, 0.15) is 5.82 Å². The number of rotatable bonds is 5. The molecule has 1 aliphatic rings. The number of nitrogens with zero attached hydrogens (tertiary/aromatic N) is 3. The van der Waals surface area contributed by atoms with Crippen LogP contribution in [-0.4, -0.2) is 28.6 Å².